The quantitative estimate of drug-likeness (QED) is 0.162. The van der Waals surface area contributed by atoms with Crippen LogP contribution in [0.1, 0.15) is 90.0 Å². The molecule has 1 aromatic heterocycles. The molecule has 3 aromatic rings. The highest BCUT2D eigenvalue weighted by atomic mass is 16.5. The van der Waals surface area contributed by atoms with E-state index in [1.54, 1.807) is 29.0 Å². The van der Waals surface area contributed by atoms with Gasteiger partial charge in [-0.05, 0) is 122 Å². The molecule has 66 heavy (non-hydrogen) atoms. The number of nitrogens with one attached hydrogen (secondary N) is 2. The Balaban J connectivity index is 1.19. The number of fused-ring (bicyclic) bond motifs is 6. The van der Waals surface area contributed by atoms with Crippen LogP contribution in [0.2, 0.25) is 0 Å². The number of ether oxygens (including phenoxy) is 2. The number of phenols is 1. The Hall–Kier alpha value is -5.73. The second kappa shape index (κ2) is 18.9. The van der Waals surface area contributed by atoms with Crippen LogP contribution in [0.25, 0.3) is 27.6 Å². The van der Waals surface area contributed by atoms with Crippen molar-refractivity contribution in [2.24, 2.45) is 16.7 Å². The van der Waals surface area contributed by atoms with Crippen molar-refractivity contribution in [3.05, 3.63) is 83.6 Å². The van der Waals surface area contributed by atoms with Crippen LogP contribution in [-0.4, -0.2) is 119 Å². The number of aryl methyl sites for hydroxylation is 1. The van der Waals surface area contributed by atoms with Crippen molar-refractivity contribution < 1.29 is 38.6 Å². The minimum Gasteiger partial charge on any atom is -0.508 e. The first-order chi connectivity index (χ1) is 31.6. The van der Waals surface area contributed by atoms with Gasteiger partial charge in [-0.25, -0.2) is 5.43 Å². The average molecular weight is 903 g/mol. The van der Waals surface area contributed by atoms with Gasteiger partial charge >= 0.3 is 5.97 Å². The highest BCUT2D eigenvalue weighted by Gasteiger charge is 2.57. The van der Waals surface area contributed by atoms with Crippen LogP contribution >= 0.6 is 0 Å². The van der Waals surface area contributed by atoms with Crippen LogP contribution in [0.15, 0.2) is 66.8 Å². The highest BCUT2D eigenvalue weighted by molar-refractivity contribution is 5.97. The van der Waals surface area contributed by atoms with Gasteiger partial charge in [-0.1, -0.05) is 58.6 Å². The molecule has 3 atom stereocenters. The highest BCUT2D eigenvalue weighted by Crippen LogP contribution is 2.44. The maximum Gasteiger partial charge on any atom is 0.324 e. The molecule has 3 N–H and O–H groups in total. The van der Waals surface area contributed by atoms with E-state index in [2.05, 4.69) is 73.0 Å². The van der Waals surface area contributed by atoms with Gasteiger partial charge in [0.15, 0.2) is 0 Å². The van der Waals surface area contributed by atoms with Gasteiger partial charge in [0, 0.05) is 68.3 Å². The van der Waals surface area contributed by atoms with Crippen molar-refractivity contribution in [3.8, 4) is 16.9 Å². The van der Waals surface area contributed by atoms with Crippen molar-refractivity contribution >= 4 is 46.1 Å². The number of likely N-dealkylation sites (tertiary alicyclic amines) is 2. The first kappa shape index (κ1) is 46.8. The van der Waals surface area contributed by atoms with Crippen molar-refractivity contribution in [2.45, 2.75) is 111 Å². The van der Waals surface area contributed by atoms with Crippen LogP contribution in [0.4, 0.5) is 0 Å². The fourth-order valence-corrected chi connectivity index (χ4v) is 10.9. The van der Waals surface area contributed by atoms with Gasteiger partial charge in [0.05, 0.1) is 18.6 Å². The number of hydrogen-bond donors (Lipinski definition) is 3. The van der Waals surface area contributed by atoms with Crippen LogP contribution in [0, 0.1) is 16.7 Å². The first-order valence-electron chi connectivity index (χ1n) is 23.7. The zero-order chi connectivity index (χ0) is 47.1. The van der Waals surface area contributed by atoms with Crippen LogP contribution in [0.5, 0.6) is 5.75 Å². The smallest absolute Gasteiger partial charge is 0.324 e. The summed E-state index contributed by atoms with van der Waals surface area (Å²) >= 11 is 0. The predicted molar refractivity (Wildman–Crippen MR) is 253 cm³/mol. The van der Waals surface area contributed by atoms with Crippen LogP contribution < -0.4 is 10.7 Å². The maximum absolute atomic E-state index is 14.7. The number of benzene rings is 2. The van der Waals surface area contributed by atoms with Crippen LogP contribution in [0.3, 0.4) is 0 Å². The lowest BCUT2D eigenvalue weighted by Gasteiger charge is -2.46. The Morgan fingerprint density at radius 2 is 1.88 bits per heavy atom. The third kappa shape index (κ3) is 9.06. The van der Waals surface area contributed by atoms with E-state index >= 15 is 0 Å². The van der Waals surface area contributed by atoms with Crippen molar-refractivity contribution in [1.82, 2.24) is 30.1 Å². The summed E-state index contributed by atoms with van der Waals surface area (Å²) in [6.45, 7) is 16.4. The van der Waals surface area contributed by atoms with Gasteiger partial charge in [-0.2, -0.15) is 0 Å². The van der Waals surface area contributed by atoms with Crippen molar-refractivity contribution in [1.29, 1.82) is 0 Å². The number of hydrogen-bond acceptors (Lipinski definition) is 9. The van der Waals surface area contributed by atoms with E-state index in [9.17, 15) is 29.1 Å². The van der Waals surface area contributed by atoms with Gasteiger partial charge in [-0.15, -0.1) is 0 Å². The zero-order valence-corrected chi connectivity index (χ0v) is 39.4. The molecule has 3 fully saturated rings. The van der Waals surface area contributed by atoms with Gasteiger partial charge < -0.3 is 34.3 Å². The molecule has 8 rings (SSSR count). The lowest BCUT2D eigenvalue weighted by Crippen LogP contribution is -2.64. The summed E-state index contributed by atoms with van der Waals surface area (Å²) in [4.78, 5) is 72.9. The number of aromatic nitrogens is 1. The van der Waals surface area contributed by atoms with Gasteiger partial charge in [0.1, 0.15) is 23.9 Å². The Morgan fingerprint density at radius 1 is 1.09 bits per heavy atom. The SMILES string of the molecule is C=CC(=O)N1CC2(CCN([C@H](C(=O)N[C@H]3Cc4cc(O)cc(c4)-c4ccc5c(c4)c(c(C4=C(CCOC)C=CCC4)n5CC)CC(C)(C)COC(=O)[C@@H]4CCCN(N4)C3=O)C(C)C)C2=O)C1. The predicted octanol–water partition coefficient (Wildman–Crippen LogP) is 6.09. The Labute approximate surface area is 388 Å². The number of cyclic esters (lactones) is 1. The molecule has 6 bridgehead atoms. The molecule has 5 heterocycles. The van der Waals surface area contributed by atoms with Crippen LogP contribution in [-0.2, 0) is 52.8 Å². The van der Waals surface area contributed by atoms with E-state index in [4.69, 9.17) is 9.47 Å². The van der Waals surface area contributed by atoms with Gasteiger partial charge in [0.2, 0.25) is 17.7 Å². The lowest BCUT2D eigenvalue weighted by atomic mass is 9.78. The van der Waals surface area contributed by atoms with E-state index in [1.807, 2.05) is 19.9 Å². The minimum absolute atomic E-state index is 0.0148. The number of hydrazine groups is 1. The number of methoxy groups -OCH3 is 1. The molecular formula is C52H66N6O8. The first-order valence-corrected chi connectivity index (χ1v) is 23.7. The molecule has 4 aliphatic heterocycles. The standard InChI is InChI=1S/C52H66N6O8/c1-8-44(60)55-29-52(30-55)19-21-57(50(52)64)45(32(3)4)47(61)53-42-25-33-23-36(26-37(59)24-33)35-16-17-43-39(27-35)40(46(56(43)9-2)38-14-11-10-13-34(38)18-22-65-7)28-51(5,6)31-66-49(63)41-15-12-20-58(54-41)48(42)62/h8,10,13,16-17,23-24,26-27,32,41-42,45,54,59H,1,9,11-12,14-15,18-22,25,28-31H2,2-7H3,(H,53,61)/t41-,42-,45-/m0/s1. The third-order valence-electron chi connectivity index (χ3n) is 14.2. The maximum atomic E-state index is 14.7. The molecular weight excluding hydrogens is 837 g/mol. The van der Waals surface area contributed by atoms with Gasteiger partial charge in [-0.3, -0.25) is 29.0 Å². The van der Waals surface area contributed by atoms with Crippen molar-refractivity contribution in [3.63, 3.8) is 0 Å². The molecule has 0 saturated carbocycles. The topological polar surface area (TPSA) is 163 Å². The number of rotatable bonds is 10. The van der Waals surface area contributed by atoms with E-state index in [0.717, 1.165) is 47.8 Å². The monoisotopic (exact) mass is 902 g/mol. The summed E-state index contributed by atoms with van der Waals surface area (Å²) in [6, 6.07) is 8.87. The lowest BCUT2D eigenvalue weighted by molar-refractivity contribution is -0.156. The fraction of sp³-hybridized carbons (Fsp3) is 0.519. The molecule has 1 spiro atoms. The second-order valence-corrected chi connectivity index (χ2v) is 20.0. The molecule has 352 valence electrons. The number of carbonyl (C=O) groups is 5. The molecule has 0 radical (unpaired) electrons. The summed E-state index contributed by atoms with van der Waals surface area (Å²) < 4.78 is 14.1. The summed E-state index contributed by atoms with van der Waals surface area (Å²) in [5.41, 5.74) is 10.2. The molecule has 14 heteroatoms. The summed E-state index contributed by atoms with van der Waals surface area (Å²) in [5, 5.41) is 16.9. The number of esters is 1. The largest absolute Gasteiger partial charge is 0.508 e. The molecule has 4 amide bonds. The number of aromatic hydroxyl groups is 1. The number of carbonyl (C=O) groups excluding carboxylic acids is 5. The summed E-state index contributed by atoms with van der Waals surface area (Å²) in [7, 11) is 1.73. The number of phenolic OH excluding ortho intramolecular Hbond substituents is 1. The summed E-state index contributed by atoms with van der Waals surface area (Å²) in [6.07, 6.45) is 10.4. The Bertz CT molecular complexity index is 2490. The number of allylic oxidation sites excluding steroid dienone is 3. The van der Waals surface area contributed by atoms with E-state index in [0.29, 0.717) is 50.9 Å². The molecule has 2 aromatic carbocycles. The fourth-order valence-electron chi connectivity index (χ4n) is 10.9. The Morgan fingerprint density at radius 3 is 2.61 bits per heavy atom. The Kier molecular flexibility index (Phi) is 13.4. The molecule has 5 aliphatic rings. The van der Waals surface area contributed by atoms with E-state index in [-0.39, 0.29) is 49.6 Å². The number of nitrogens with zero attached hydrogens (tertiary/aromatic N) is 4. The molecule has 3 saturated heterocycles. The van der Waals surface area contributed by atoms with Gasteiger partial charge in [0.25, 0.3) is 5.91 Å². The number of amides is 4. The van der Waals surface area contributed by atoms with E-state index in [1.165, 1.54) is 33.5 Å². The summed E-state index contributed by atoms with van der Waals surface area (Å²) in [5.74, 6) is -2.09. The van der Waals surface area contributed by atoms with Crippen molar-refractivity contribution in [2.75, 3.05) is 46.5 Å². The molecule has 0 unspecified atom stereocenters. The average Bonchev–Trinajstić information content (AvgIpc) is 3.78. The normalized spacial score (nSPS) is 22.4. The zero-order valence-electron chi connectivity index (χ0n) is 39.4. The third-order valence-corrected chi connectivity index (χ3v) is 14.2. The minimum atomic E-state index is -1.13. The second-order valence-electron chi connectivity index (χ2n) is 20.0. The van der Waals surface area contributed by atoms with E-state index < -0.39 is 46.7 Å². The molecule has 14 nitrogen and oxygen atoms in total. The molecule has 1 aliphatic carbocycles.